The first-order valence-electron chi connectivity index (χ1n) is 7.32. The smallest absolute Gasteiger partial charge is 0.175 e. The van der Waals surface area contributed by atoms with Gasteiger partial charge in [0.15, 0.2) is 11.5 Å². The standard InChI is InChI=1S/C16H24BrNO2/c1-11(2)18-10-13-8-14(17)16(15(9-13)19-3)20-7-6-12-4-5-12/h8-9,11-12,18H,4-7,10H2,1-3H3. The molecule has 20 heavy (non-hydrogen) atoms. The number of halogens is 1. The summed E-state index contributed by atoms with van der Waals surface area (Å²) in [6.45, 7) is 5.88. The summed E-state index contributed by atoms with van der Waals surface area (Å²) in [5.74, 6) is 2.51. The molecule has 0 unspecified atom stereocenters. The minimum absolute atomic E-state index is 0.467. The molecule has 3 nitrogen and oxygen atoms in total. The summed E-state index contributed by atoms with van der Waals surface area (Å²) >= 11 is 3.60. The Morgan fingerprint density at radius 1 is 1.35 bits per heavy atom. The number of hydrogen-bond donors (Lipinski definition) is 1. The third-order valence-corrected chi connectivity index (χ3v) is 4.06. The van der Waals surface area contributed by atoms with Gasteiger partial charge in [0.1, 0.15) is 0 Å². The number of nitrogens with one attached hydrogen (secondary N) is 1. The van der Waals surface area contributed by atoms with Crippen molar-refractivity contribution in [3.63, 3.8) is 0 Å². The molecule has 0 spiro atoms. The fourth-order valence-corrected chi connectivity index (χ4v) is 2.68. The minimum Gasteiger partial charge on any atom is -0.493 e. The number of methoxy groups -OCH3 is 1. The van der Waals surface area contributed by atoms with Gasteiger partial charge in [-0.1, -0.05) is 26.7 Å². The third kappa shape index (κ3) is 4.67. The van der Waals surface area contributed by atoms with Gasteiger partial charge in [-0.15, -0.1) is 0 Å². The first-order chi connectivity index (χ1) is 9.60. The number of ether oxygens (including phenoxy) is 2. The van der Waals surface area contributed by atoms with Gasteiger partial charge in [0, 0.05) is 12.6 Å². The van der Waals surface area contributed by atoms with Crippen LogP contribution in [0.25, 0.3) is 0 Å². The predicted octanol–water partition coefficient (Wildman–Crippen LogP) is 4.13. The second kappa shape index (κ2) is 7.32. The first-order valence-corrected chi connectivity index (χ1v) is 8.12. The number of rotatable bonds is 8. The molecule has 0 atom stereocenters. The van der Waals surface area contributed by atoms with E-state index in [1.807, 2.05) is 6.07 Å². The number of benzene rings is 1. The summed E-state index contributed by atoms with van der Waals surface area (Å²) in [4.78, 5) is 0. The molecule has 1 saturated carbocycles. The van der Waals surface area contributed by atoms with Gasteiger partial charge in [0.2, 0.25) is 0 Å². The van der Waals surface area contributed by atoms with Crippen molar-refractivity contribution in [2.45, 2.75) is 45.7 Å². The fraction of sp³-hybridized carbons (Fsp3) is 0.625. The Morgan fingerprint density at radius 2 is 2.10 bits per heavy atom. The monoisotopic (exact) mass is 341 g/mol. The maximum Gasteiger partial charge on any atom is 0.175 e. The topological polar surface area (TPSA) is 30.5 Å². The zero-order valence-corrected chi connectivity index (χ0v) is 14.1. The van der Waals surface area contributed by atoms with Crippen LogP contribution in [0.3, 0.4) is 0 Å². The van der Waals surface area contributed by atoms with Crippen molar-refractivity contribution >= 4 is 15.9 Å². The highest BCUT2D eigenvalue weighted by atomic mass is 79.9. The van der Waals surface area contributed by atoms with E-state index in [1.165, 1.54) is 18.4 Å². The Hall–Kier alpha value is -0.740. The molecule has 1 aliphatic rings. The van der Waals surface area contributed by atoms with Crippen molar-refractivity contribution in [1.29, 1.82) is 0 Å². The van der Waals surface area contributed by atoms with Crippen molar-refractivity contribution < 1.29 is 9.47 Å². The van der Waals surface area contributed by atoms with E-state index in [0.29, 0.717) is 6.04 Å². The van der Waals surface area contributed by atoms with Crippen LogP contribution < -0.4 is 14.8 Å². The molecule has 0 radical (unpaired) electrons. The van der Waals surface area contributed by atoms with E-state index in [0.717, 1.165) is 41.5 Å². The predicted molar refractivity (Wildman–Crippen MR) is 85.5 cm³/mol. The van der Waals surface area contributed by atoms with Gasteiger partial charge >= 0.3 is 0 Å². The van der Waals surface area contributed by atoms with Gasteiger partial charge in [-0.05, 0) is 46.0 Å². The van der Waals surface area contributed by atoms with E-state index in [2.05, 4.69) is 41.2 Å². The largest absolute Gasteiger partial charge is 0.493 e. The van der Waals surface area contributed by atoms with Gasteiger partial charge in [-0.25, -0.2) is 0 Å². The quantitative estimate of drug-likeness (QED) is 0.770. The van der Waals surface area contributed by atoms with Crippen LogP contribution in [0.2, 0.25) is 0 Å². The molecule has 0 saturated heterocycles. The van der Waals surface area contributed by atoms with Gasteiger partial charge in [-0.2, -0.15) is 0 Å². The molecule has 112 valence electrons. The van der Waals surface area contributed by atoms with E-state index in [-0.39, 0.29) is 0 Å². The Bertz CT molecular complexity index is 444. The maximum absolute atomic E-state index is 5.90. The van der Waals surface area contributed by atoms with Crippen LogP contribution in [0.15, 0.2) is 16.6 Å². The summed E-state index contributed by atoms with van der Waals surface area (Å²) in [6.07, 6.45) is 3.87. The summed E-state index contributed by atoms with van der Waals surface area (Å²) in [6, 6.07) is 4.62. The molecular formula is C16H24BrNO2. The highest BCUT2D eigenvalue weighted by molar-refractivity contribution is 9.10. The SMILES string of the molecule is COc1cc(CNC(C)C)cc(Br)c1OCCC1CC1. The molecule has 0 heterocycles. The van der Waals surface area contributed by atoms with E-state index >= 15 is 0 Å². The number of hydrogen-bond acceptors (Lipinski definition) is 3. The zero-order chi connectivity index (χ0) is 14.5. The molecular weight excluding hydrogens is 318 g/mol. The molecule has 1 aromatic rings. The van der Waals surface area contributed by atoms with Gasteiger partial charge in [-0.3, -0.25) is 0 Å². The van der Waals surface area contributed by atoms with Crippen molar-refractivity contribution in [3.05, 3.63) is 22.2 Å². The third-order valence-electron chi connectivity index (χ3n) is 3.47. The lowest BCUT2D eigenvalue weighted by molar-refractivity contribution is 0.281. The van der Waals surface area contributed by atoms with Crippen molar-refractivity contribution in [3.8, 4) is 11.5 Å². The summed E-state index contributed by atoms with van der Waals surface area (Å²) in [5, 5.41) is 3.41. The molecule has 0 bridgehead atoms. The Kier molecular flexibility index (Phi) is 5.73. The van der Waals surface area contributed by atoms with Crippen LogP contribution in [-0.4, -0.2) is 19.8 Å². The summed E-state index contributed by atoms with van der Waals surface area (Å²) < 4.78 is 12.3. The Morgan fingerprint density at radius 3 is 2.70 bits per heavy atom. The normalized spacial score (nSPS) is 14.7. The van der Waals surface area contributed by atoms with Crippen molar-refractivity contribution in [1.82, 2.24) is 5.32 Å². The lowest BCUT2D eigenvalue weighted by Gasteiger charge is -2.15. The minimum atomic E-state index is 0.467. The maximum atomic E-state index is 5.90. The van der Waals surface area contributed by atoms with Crippen molar-refractivity contribution in [2.75, 3.05) is 13.7 Å². The molecule has 0 amide bonds. The second-order valence-corrected chi connectivity index (χ2v) is 6.58. The van der Waals surface area contributed by atoms with Crippen LogP contribution in [0, 0.1) is 5.92 Å². The van der Waals surface area contributed by atoms with E-state index in [9.17, 15) is 0 Å². The van der Waals surface area contributed by atoms with Gasteiger partial charge < -0.3 is 14.8 Å². The summed E-state index contributed by atoms with van der Waals surface area (Å²) in [5.41, 5.74) is 1.19. The van der Waals surface area contributed by atoms with Crippen LogP contribution >= 0.6 is 15.9 Å². The lowest BCUT2D eigenvalue weighted by atomic mass is 10.2. The molecule has 1 fully saturated rings. The van der Waals surface area contributed by atoms with E-state index < -0.39 is 0 Å². The molecule has 4 heteroatoms. The zero-order valence-electron chi connectivity index (χ0n) is 12.5. The average molecular weight is 342 g/mol. The molecule has 1 aliphatic carbocycles. The van der Waals surface area contributed by atoms with Crippen LogP contribution in [0.4, 0.5) is 0 Å². The first kappa shape index (κ1) is 15.6. The fourth-order valence-electron chi connectivity index (χ4n) is 2.07. The molecule has 1 aromatic carbocycles. The lowest BCUT2D eigenvalue weighted by Crippen LogP contribution is -2.21. The van der Waals surface area contributed by atoms with E-state index in [1.54, 1.807) is 7.11 Å². The highest BCUT2D eigenvalue weighted by Crippen LogP contribution is 2.38. The van der Waals surface area contributed by atoms with Crippen LogP contribution in [0.1, 0.15) is 38.7 Å². The molecule has 0 aromatic heterocycles. The molecule has 2 rings (SSSR count). The Labute approximate surface area is 130 Å². The van der Waals surface area contributed by atoms with E-state index in [4.69, 9.17) is 9.47 Å². The van der Waals surface area contributed by atoms with Gasteiger partial charge in [0.25, 0.3) is 0 Å². The van der Waals surface area contributed by atoms with Crippen LogP contribution in [-0.2, 0) is 6.54 Å². The average Bonchev–Trinajstić information content (AvgIpc) is 3.22. The van der Waals surface area contributed by atoms with Gasteiger partial charge in [0.05, 0.1) is 18.2 Å². The molecule has 1 N–H and O–H groups in total. The van der Waals surface area contributed by atoms with Crippen LogP contribution in [0.5, 0.6) is 11.5 Å². The molecule has 0 aliphatic heterocycles. The second-order valence-electron chi connectivity index (χ2n) is 5.73. The Balaban J connectivity index is 2.01. The van der Waals surface area contributed by atoms with Crippen molar-refractivity contribution in [2.24, 2.45) is 5.92 Å². The highest BCUT2D eigenvalue weighted by Gasteiger charge is 2.21. The summed E-state index contributed by atoms with van der Waals surface area (Å²) in [7, 11) is 1.69.